The minimum atomic E-state index is 0.628. The lowest BCUT2D eigenvalue weighted by atomic mass is 9.92. The average Bonchev–Trinajstić information content (AvgIpc) is 2.98. The third-order valence-electron chi connectivity index (χ3n) is 3.66. The lowest BCUT2D eigenvalue weighted by Crippen LogP contribution is -2.30. The van der Waals surface area contributed by atoms with Crippen LogP contribution in [0.4, 0.5) is 0 Å². The van der Waals surface area contributed by atoms with Crippen molar-refractivity contribution >= 4 is 0 Å². The highest BCUT2D eigenvalue weighted by molar-refractivity contribution is 4.96. The van der Waals surface area contributed by atoms with Gasteiger partial charge in [-0.1, -0.05) is 27.2 Å². The molecule has 0 unspecified atom stereocenters. The van der Waals surface area contributed by atoms with E-state index in [1.54, 1.807) is 0 Å². The molecule has 0 amide bonds. The molecule has 0 radical (unpaired) electrons. The summed E-state index contributed by atoms with van der Waals surface area (Å²) in [6, 6.07) is 0. The van der Waals surface area contributed by atoms with Crippen LogP contribution in [0, 0.1) is 11.3 Å². The maximum atomic E-state index is 5.51. The lowest BCUT2D eigenvalue weighted by molar-refractivity contribution is 0.131. The Labute approximate surface area is 94.8 Å². The Morgan fingerprint density at radius 2 is 2.00 bits per heavy atom. The van der Waals surface area contributed by atoms with Crippen LogP contribution in [0.25, 0.3) is 0 Å². The van der Waals surface area contributed by atoms with Gasteiger partial charge < -0.3 is 10.1 Å². The summed E-state index contributed by atoms with van der Waals surface area (Å²) in [7, 11) is 0. The number of unbranched alkanes of at least 4 members (excludes halogenated alkanes) is 1. The summed E-state index contributed by atoms with van der Waals surface area (Å²) in [5.41, 5.74) is 0.628. The first-order valence-electron chi connectivity index (χ1n) is 6.50. The van der Waals surface area contributed by atoms with Crippen LogP contribution in [0.3, 0.4) is 0 Å². The standard InChI is InChI=1S/C13H27NO/c1-4-5-9-15-10-8-14-11-13(6-7-13)12(2)3/h12,14H,4-11H2,1-3H3. The van der Waals surface area contributed by atoms with Gasteiger partial charge in [0.2, 0.25) is 0 Å². The van der Waals surface area contributed by atoms with Crippen LogP contribution in [0.1, 0.15) is 46.5 Å². The molecule has 0 aromatic rings. The Balaban J connectivity index is 1.89. The van der Waals surface area contributed by atoms with E-state index in [4.69, 9.17) is 4.74 Å². The van der Waals surface area contributed by atoms with E-state index in [0.717, 1.165) is 25.7 Å². The number of hydrogen-bond acceptors (Lipinski definition) is 2. The molecule has 0 aromatic carbocycles. The summed E-state index contributed by atoms with van der Waals surface area (Å²) in [5.74, 6) is 0.825. The van der Waals surface area contributed by atoms with Crippen LogP contribution in [-0.4, -0.2) is 26.3 Å². The van der Waals surface area contributed by atoms with E-state index in [0.29, 0.717) is 5.41 Å². The Bertz CT molecular complexity index is 164. The smallest absolute Gasteiger partial charge is 0.0590 e. The first-order valence-corrected chi connectivity index (χ1v) is 6.50. The molecule has 90 valence electrons. The number of rotatable bonds is 9. The fraction of sp³-hybridized carbons (Fsp3) is 1.00. The van der Waals surface area contributed by atoms with Crippen molar-refractivity contribution in [2.45, 2.75) is 46.5 Å². The summed E-state index contributed by atoms with van der Waals surface area (Å²) in [5, 5.41) is 3.52. The summed E-state index contributed by atoms with van der Waals surface area (Å²) in [4.78, 5) is 0. The second-order valence-corrected chi connectivity index (χ2v) is 5.16. The maximum absolute atomic E-state index is 5.51. The highest BCUT2D eigenvalue weighted by Gasteiger charge is 2.44. The van der Waals surface area contributed by atoms with Gasteiger partial charge in [-0.2, -0.15) is 0 Å². The predicted octanol–water partition coefficient (Wildman–Crippen LogP) is 2.83. The van der Waals surface area contributed by atoms with Gasteiger partial charge in [-0.25, -0.2) is 0 Å². The van der Waals surface area contributed by atoms with E-state index >= 15 is 0 Å². The molecule has 0 aromatic heterocycles. The molecule has 1 rings (SSSR count). The van der Waals surface area contributed by atoms with Gasteiger partial charge in [0.1, 0.15) is 0 Å². The zero-order chi connectivity index (χ0) is 11.1. The molecule has 1 N–H and O–H groups in total. The lowest BCUT2D eigenvalue weighted by Gasteiger charge is -2.20. The van der Waals surface area contributed by atoms with E-state index in [9.17, 15) is 0 Å². The van der Waals surface area contributed by atoms with Crippen molar-refractivity contribution in [3.05, 3.63) is 0 Å². The molecule has 2 heteroatoms. The second-order valence-electron chi connectivity index (χ2n) is 5.16. The topological polar surface area (TPSA) is 21.3 Å². The van der Waals surface area contributed by atoms with Gasteiger partial charge in [-0.3, -0.25) is 0 Å². The van der Waals surface area contributed by atoms with Crippen LogP contribution in [0.2, 0.25) is 0 Å². The van der Waals surface area contributed by atoms with E-state index in [1.165, 1.54) is 32.2 Å². The van der Waals surface area contributed by atoms with Crippen molar-refractivity contribution < 1.29 is 4.74 Å². The third-order valence-corrected chi connectivity index (χ3v) is 3.66. The van der Waals surface area contributed by atoms with Crippen LogP contribution in [0.15, 0.2) is 0 Å². The molecule has 0 atom stereocenters. The number of hydrogen-bond donors (Lipinski definition) is 1. The largest absolute Gasteiger partial charge is 0.380 e. The number of nitrogens with one attached hydrogen (secondary N) is 1. The van der Waals surface area contributed by atoms with Gasteiger partial charge in [0.05, 0.1) is 6.61 Å². The molecule has 1 aliphatic carbocycles. The minimum absolute atomic E-state index is 0.628. The zero-order valence-electron chi connectivity index (χ0n) is 10.6. The summed E-state index contributed by atoms with van der Waals surface area (Å²) in [6.45, 7) is 10.9. The summed E-state index contributed by atoms with van der Waals surface area (Å²) >= 11 is 0. The van der Waals surface area contributed by atoms with Crippen molar-refractivity contribution in [2.24, 2.45) is 11.3 Å². The van der Waals surface area contributed by atoms with Gasteiger partial charge in [-0.15, -0.1) is 0 Å². The Kier molecular flexibility index (Phi) is 5.62. The molecule has 15 heavy (non-hydrogen) atoms. The van der Waals surface area contributed by atoms with E-state index < -0.39 is 0 Å². The van der Waals surface area contributed by atoms with Crippen LogP contribution in [0.5, 0.6) is 0 Å². The monoisotopic (exact) mass is 213 g/mol. The average molecular weight is 213 g/mol. The molecule has 0 aliphatic heterocycles. The van der Waals surface area contributed by atoms with Gasteiger partial charge in [0.25, 0.3) is 0 Å². The summed E-state index contributed by atoms with van der Waals surface area (Å²) < 4.78 is 5.51. The van der Waals surface area contributed by atoms with Crippen molar-refractivity contribution in [2.75, 3.05) is 26.3 Å². The van der Waals surface area contributed by atoms with Crippen molar-refractivity contribution in [1.29, 1.82) is 0 Å². The Morgan fingerprint density at radius 3 is 2.53 bits per heavy atom. The molecule has 0 heterocycles. The Morgan fingerprint density at radius 1 is 1.27 bits per heavy atom. The van der Waals surface area contributed by atoms with Gasteiger partial charge in [0, 0.05) is 19.7 Å². The zero-order valence-corrected chi connectivity index (χ0v) is 10.6. The first-order chi connectivity index (χ1) is 7.21. The minimum Gasteiger partial charge on any atom is -0.380 e. The van der Waals surface area contributed by atoms with Crippen LogP contribution in [-0.2, 0) is 4.74 Å². The number of ether oxygens (including phenoxy) is 1. The SMILES string of the molecule is CCCCOCCNCC1(C(C)C)CC1. The maximum Gasteiger partial charge on any atom is 0.0590 e. The molecule has 1 saturated carbocycles. The molecule has 0 saturated heterocycles. The quantitative estimate of drug-likeness (QED) is 0.595. The first kappa shape index (κ1) is 13.0. The second kappa shape index (κ2) is 6.49. The fourth-order valence-corrected chi connectivity index (χ4v) is 1.95. The van der Waals surface area contributed by atoms with E-state index in [1.807, 2.05) is 0 Å². The van der Waals surface area contributed by atoms with Crippen LogP contribution >= 0.6 is 0 Å². The van der Waals surface area contributed by atoms with Gasteiger partial charge >= 0.3 is 0 Å². The molecule has 0 bridgehead atoms. The van der Waals surface area contributed by atoms with Crippen molar-refractivity contribution in [1.82, 2.24) is 5.32 Å². The molecule has 2 nitrogen and oxygen atoms in total. The summed E-state index contributed by atoms with van der Waals surface area (Å²) in [6.07, 6.45) is 5.24. The van der Waals surface area contributed by atoms with Crippen molar-refractivity contribution in [3.63, 3.8) is 0 Å². The highest BCUT2D eigenvalue weighted by Crippen LogP contribution is 2.51. The van der Waals surface area contributed by atoms with Crippen LogP contribution < -0.4 is 5.32 Å². The molecular weight excluding hydrogens is 186 g/mol. The third kappa shape index (κ3) is 4.52. The predicted molar refractivity (Wildman–Crippen MR) is 65.1 cm³/mol. The normalized spacial score (nSPS) is 18.4. The van der Waals surface area contributed by atoms with E-state index in [-0.39, 0.29) is 0 Å². The molecule has 1 aliphatic rings. The van der Waals surface area contributed by atoms with Gasteiger partial charge in [-0.05, 0) is 30.6 Å². The van der Waals surface area contributed by atoms with Gasteiger partial charge in [0.15, 0.2) is 0 Å². The molecular formula is C13H27NO. The Hall–Kier alpha value is -0.0800. The van der Waals surface area contributed by atoms with Crippen molar-refractivity contribution in [3.8, 4) is 0 Å². The molecule has 0 spiro atoms. The fourth-order valence-electron chi connectivity index (χ4n) is 1.95. The van der Waals surface area contributed by atoms with E-state index in [2.05, 4.69) is 26.1 Å². The molecule has 1 fully saturated rings. The highest BCUT2D eigenvalue weighted by atomic mass is 16.5.